The maximum Gasteiger partial charge on any atom is 0.131 e. The van der Waals surface area contributed by atoms with Crippen molar-refractivity contribution in [2.24, 2.45) is 0 Å². The third kappa shape index (κ3) is 2.87. The lowest BCUT2D eigenvalue weighted by atomic mass is 10.3. The van der Waals surface area contributed by atoms with Gasteiger partial charge in [0.1, 0.15) is 5.82 Å². The van der Waals surface area contributed by atoms with E-state index in [2.05, 4.69) is 28.7 Å². The molecule has 1 rings (SSSR count). The molecular formula is C10H16N3O-. The first-order chi connectivity index (χ1) is 6.77. The molecule has 0 aliphatic carbocycles. The predicted octanol–water partition coefficient (Wildman–Crippen LogP) is 1.18. The highest BCUT2D eigenvalue weighted by Crippen LogP contribution is 2.11. The molecule has 78 valence electrons. The highest BCUT2D eigenvalue weighted by Gasteiger charge is 2.04. The summed E-state index contributed by atoms with van der Waals surface area (Å²) in [5.41, 5.74) is 0. The highest BCUT2D eigenvalue weighted by molar-refractivity contribution is 5.37. The van der Waals surface area contributed by atoms with Gasteiger partial charge in [-0.25, -0.2) is 4.98 Å². The Kier molecular flexibility index (Phi) is 4.16. The van der Waals surface area contributed by atoms with Gasteiger partial charge in [-0.05, 0) is 18.9 Å². The Balaban J connectivity index is 2.75. The average molecular weight is 194 g/mol. The van der Waals surface area contributed by atoms with Crippen LogP contribution in [0.5, 0.6) is 6.01 Å². The lowest BCUT2D eigenvalue weighted by Gasteiger charge is -2.23. The van der Waals surface area contributed by atoms with E-state index in [0.717, 1.165) is 31.7 Å². The molecule has 0 spiro atoms. The first-order valence-electron chi connectivity index (χ1n) is 5.03. The molecule has 1 aromatic rings. The van der Waals surface area contributed by atoms with Gasteiger partial charge in [-0.15, -0.1) is 0 Å². The number of rotatable bonds is 5. The molecule has 0 saturated carbocycles. The summed E-state index contributed by atoms with van der Waals surface area (Å²) in [6.45, 7) is 6.10. The maximum absolute atomic E-state index is 11.0. The molecule has 0 fully saturated rings. The zero-order valence-corrected chi connectivity index (χ0v) is 8.73. The molecule has 0 bridgehead atoms. The fraction of sp³-hybridized carbons (Fsp3) is 0.600. The van der Waals surface area contributed by atoms with Gasteiger partial charge in [-0.3, -0.25) is 4.98 Å². The van der Waals surface area contributed by atoms with E-state index in [1.54, 1.807) is 6.07 Å². The predicted molar refractivity (Wildman–Crippen MR) is 54.3 cm³/mol. The van der Waals surface area contributed by atoms with Crippen molar-refractivity contribution in [1.82, 2.24) is 9.97 Å². The summed E-state index contributed by atoms with van der Waals surface area (Å²) >= 11 is 0. The molecule has 0 N–H and O–H groups in total. The van der Waals surface area contributed by atoms with Crippen LogP contribution in [0.4, 0.5) is 5.82 Å². The van der Waals surface area contributed by atoms with Crippen molar-refractivity contribution in [1.29, 1.82) is 0 Å². The van der Waals surface area contributed by atoms with Crippen molar-refractivity contribution < 1.29 is 5.11 Å². The van der Waals surface area contributed by atoms with Crippen LogP contribution in [0.1, 0.15) is 26.7 Å². The van der Waals surface area contributed by atoms with Crippen molar-refractivity contribution in [3.63, 3.8) is 0 Å². The Bertz CT molecular complexity index is 272. The summed E-state index contributed by atoms with van der Waals surface area (Å²) < 4.78 is 0. The molecule has 0 radical (unpaired) electrons. The lowest BCUT2D eigenvalue weighted by molar-refractivity contribution is -0.281. The summed E-state index contributed by atoms with van der Waals surface area (Å²) in [6, 6.07) is 1.38. The Hall–Kier alpha value is -1.32. The van der Waals surface area contributed by atoms with Gasteiger partial charge in [0.05, 0.1) is 6.01 Å². The summed E-state index contributed by atoms with van der Waals surface area (Å²) in [5, 5.41) is 11.0. The Morgan fingerprint density at radius 3 is 2.43 bits per heavy atom. The largest absolute Gasteiger partial charge is 0.844 e. The molecule has 14 heavy (non-hydrogen) atoms. The van der Waals surface area contributed by atoms with E-state index < -0.39 is 6.01 Å². The maximum atomic E-state index is 11.0. The summed E-state index contributed by atoms with van der Waals surface area (Å²) in [4.78, 5) is 9.53. The van der Waals surface area contributed by atoms with E-state index in [1.807, 2.05) is 0 Å². The minimum atomic E-state index is -0.403. The number of nitrogens with zero attached hydrogens (tertiary/aromatic N) is 3. The minimum absolute atomic E-state index is 0.403. The monoisotopic (exact) mass is 194 g/mol. The Morgan fingerprint density at radius 1 is 1.29 bits per heavy atom. The summed E-state index contributed by atoms with van der Waals surface area (Å²) in [6.07, 6.45) is 3.62. The fourth-order valence-electron chi connectivity index (χ4n) is 1.39. The number of hydrogen-bond donors (Lipinski definition) is 0. The first kappa shape index (κ1) is 10.8. The summed E-state index contributed by atoms with van der Waals surface area (Å²) in [5.74, 6) is 0.744. The molecule has 0 saturated heterocycles. The second-order valence-corrected chi connectivity index (χ2v) is 3.18. The molecule has 0 amide bonds. The minimum Gasteiger partial charge on any atom is -0.844 e. The molecule has 0 atom stereocenters. The third-order valence-corrected chi connectivity index (χ3v) is 1.93. The molecule has 1 heterocycles. The van der Waals surface area contributed by atoms with Gasteiger partial charge in [0.2, 0.25) is 0 Å². The van der Waals surface area contributed by atoms with Gasteiger partial charge in [-0.1, -0.05) is 13.8 Å². The summed E-state index contributed by atoms with van der Waals surface area (Å²) in [7, 11) is 0. The van der Waals surface area contributed by atoms with Gasteiger partial charge in [0.15, 0.2) is 0 Å². The van der Waals surface area contributed by atoms with Crippen LogP contribution in [-0.2, 0) is 0 Å². The van der Waals surface area contributed by atoms with Crippen LogP contribution < -0.4 is 10.0 Å². The molecule has 1 aromatic heterocycles. The fourth-order valence-corrected chi connectivity index (χ4v) is 1.39. The van der Waals surface area contributed by atoms with E-state index in [1.165, 1.54) is 6.20 Å². The van der Waals surface area contributed by atoms with Gasteiger partial charge in [0.25, 0.3) is 0 Å². The van der Waals surface area contributed by atoms with E-state index in [4.69, 9.17) is 0 Å². The Labute approximate surface area is 84.6 Å². The van der Waals surface area contributed by atoms with Gasteiger partial charge in [0, 0.05) is 19.3 Å². The standard InChI is InChI=1S/C10H17N3O/c1-3-7-13(8-4-2)9-5-6-11-10(14)12-9/h5-6H,3-4,7-8H2,1-2H3,(H,11,12,14)/p-1. The zero-order valence-electron chi connectivity index (χ0n) is 8.73. The van der Waals surface area contributed by atoms with E-state index >= 15 is 0 Å². The number of anilines is 1. The van der Waals surface area contributed by atoms with Crippen LogP contribution in [0.2, 0.25) is 0 Å². The van der Waals surface area contributed by atoms with Crippen LogP contribution in [0, 0.1) is 0 Å². The van der Waals surface area contributed by atoms with Crippen molar-refractivity contribution in [3.8, 4) is 6.01 Å². The van der Waals surface area contributed by atoms with Gasteiger partial charge < -0.3 is 10.0 Å². The van der Waals surface area contributed by atoms with Crippen molar-refractivity contribution in [2.75, 3.05) is 18.0 Å². The highest BCUT2D eigenvalue weighted by atomic mass is 16.3. The van der Waals surface area contributed by atoms with Crippen LogP contribution >= 0.6 is 0 Å². The second kappa shape index (κ2) is 5.42. The normalized spacial score (nSPS) is 10.1. The van der Waals surface area contributed by atoms with Crippen LogP contribution in [0.15, 0.2) is 12.3 Å². The molecule has 0 aliphatic heterocycles. The lowest BCUT2D eigenvalue weighted by Crippen LogP contribution is -2.26. The quantitative estimate of drug-likeness (QED) is 0.706. The van der Waals surface area contributed by atoms with Gasteiger partial charge >= 0.3 is 0 Å². The van der Waals surface area contributed by atoms with E-state index in [9.17, 15) is 5.11 Å². The van der Waals surface area contributed by atoms with Crippen LogP contribution in [0.3, 0.4) is 0 Å². The van der Waals surface area contributed by atoms with E-state index in [0.29, 0.717) is 0 Å². The van der Waals surface area contributed by atoms with Gasteiger partial charge in [-0.2, -0.15) is 0 Å². The third-order valence-electron chi connectivity index (χ3n) is 1.93. The molecule has 0 aromatic carbocycles. The van der Waals surface area contributed by atoms with Crippen molar-refractivity contribution >= 4 is 5.82 Å². The average Bonchev–Trinajstić information content (AvgIpc) is 2.17. The number of hydrogen-bond acceptors (Lipinski definition) is 4. The van der Waals surface area contributed by atoms with Crippen LogP contribution in [-0.4, -0.2) is 23.1 Å². The van der Waals surface area contributed by atoms with Crippen molar-refractivity contribution in [3.05, 3.63) is 12.3 Å². The van der Waals surface area contributed by atoms with Crippen LogP contribution in [0.25, 0.3) is 0 Å². The Morgan fingerprint density at radius 2 is 1.93 bits per heavy atom. The first-order valence-corrected chi connectivity index (χ1v) is 5.03. The van der Waals surface area contributed by atoms with E-state index in [-0.39, 0.29) is 0 Å². The molecule has 4 nitrogen and oxygen atoms in total. The number of aromatic nitrogens is 2. The molecular weight excluding hydrogens is 178 g/mol. The second-order valence-electron chi connectivity index (χ2n) is 3.18. The van der Waals surface area contributed by atoms with Crippen molar-refractivity contribution in [2.45, 2.75) is 26.7 Å². The smallest absolute Gasteiger partial charge is 0.131 e. The zero-order chi connectivity index (χ0) is 10.4. The SMILES string of the molecule is CCCN(CCC)c1ccnc([O-])n1. The molecule has 0 unspecified atom stereocenters. The molecule has 4 heteroatoms. The topological polar surface area (TPSA) is 52.1 Å². The molecule has 0 aliphatic rings.